The Labute approximate surface area is 450 Å². The second-order valence-corrected chi connectivity index (χ2v) is 23.1. The van der Waals surface area contributed by atoms with E-state index in [0.717, 1.165) is 44.7 Å². The van der Waals surface area contributed by atoms with Gasteiger partial charge in [-0.1, -0.05) is 33.8 Å². The maximum atomic E-state index is 14.7. The van der Waals surface area contributed by atoms with Crippen molar-refractivity contribution in [3.63, 3.8) is 0 Å². The Kier molecular flexibility index (Phi) is 20.1. The second-order valence-electron chi connectivity index (χ2n) is 19.9. The number of rotatable bonds is 8. The average Bonchev–Trinajstić information content (AvgIpc) is 3.88. The van der Waals surface area contributed by atoms with E-state index in [1.807, 2.05) is 44.2 Å². The highest BCUT2D eigenvalue weighted by atomic mass is 32.2. The van der Waals surface area contributed by atoms with Crippen LogP contribution in [-0.2, 0) is 53.1 Å². The van der Waals surface area contributed by atoms with E-state index in [1.165, 1.54) is 21.2 Å². The lowest BCUT2D eigenvalue weighted by atomic mass is 9.84. The molecular formula is C48H73N9O8S6. The van der Waals surface area contributed by atoms with Crippen molar-refractivity contribution in [2.45, 2.75) is 104 Å². The van der Waals surface area contributed by atoms with Crippen LogP contribution in [0.4, 0.5) is 4.79 Å². The molecule has 2 N–H and O–H groups in total. The number of carbonyl (C=O) groups is 4. The number of thiazole rings is 1. The number of benzene rings is 1. The number of likely N-dealkylation sites (N-methyl/N-ethyl adjacent to an activating group) is 2. The zero-order valence-corrected chi connectivity index (χ0v) is 47.8. The fourth-order valence-electron chi connectivity index (χ4n) is 10.3. The highest BCUT2D eigenvalue weighted by molar-refractivity contribution is 7.91. The minimum atomic E-state index is -3.24. The molecule has 4 atom stereocenters. The van der Waals surface area contributed by atoms with Crippen LogP contribution in [0.5, 0.6) is 0 Å². The van der Waals surface area contributed by atoms with E-state index in [2.05, 4.69) is 60.3 Å². The number of ether oxygens (including phenoxy) is 2. The predicted molar refractivity (Wildman–Crippen MR) is 298 cm³/mol. The molecule has 3 aromatic heterocycles. The molecule has 17 nitrogen and oxygen atoms in total. The number of hydrogen-bond acceptors (Lipinski definition) is 13. The van der Waals surface area contributed by atoms with Gasteiger partial charge in [0, 0.05) is 92.3 Å². The SMILES string of the molecule is CCn1c(-c2cccnc2[C@H](C)OC)c2c3cc(ccc31)-c1csc(n1)C[C@H](NC(=O)[C@H](C(C)C)N(C)C(=O)N1CC3(C1)CS(=O)(=O)CCN3C)C(=O)N1CCC[C@H](N1)C(=O)OCC(C)(C)C2.S.S.S.S. The van der Waals surface area contributed by atoms with Gasteiger partial charge in [0.05, 0.1) is 51.8 Å². The number of cyclic esters (lactones) is 1. The highest BCUT2D eigenvalue weighted by Gasteiger charge is 2.54. The van der Waals surface area contributed by atoms with Gasteiger partial charge in [0.2, 0.25) is 5.91 Å². The van der Waals surface area contributed by atoms with Gasteiger partial charge in [0.1, 0.15) is 18.1 Å². The quantitative estimate of drug-likeness (QED) is 0.222. The number of sulfone groups is 1. The maximum absolute atomic E-state index is 14.7. The molecule has 0 saturated carbocycles. The molecular weight excluding hydrogens is 1020 g/mol. The number of esters is 1. The number of carbonyl (C=O) groups excluding carboxylic acids is 4. The predicted octanol–water partition coefficient (Wildman–Crippen LogP) is 5.14. The smallest absolute Gasteiger partial charge is 0.324 e. The van der Waals surface area contributed by atoms with Crippen molar-refractivity contribution in [3.05, 3.63) is 58.2 Å². The molecule has 4 aromatic rings. The summed E-state index contributed by atoms with van der Waals surface area (Å²) in [6, 6.07) is 7.10. The van der Waals surface area contributed by atoms with Gasteiger partial charge in [-0.05, 0) is 75.9 Å². The molecule has 8 rings (SSSR count). The standard InChI is InChI=1S/C48H65N9O8S2.4H2S/c1-10-56-38-16-15-31-21-33(38)34(42(56)32-13-11-17-49-40(32)30(4)64-9)23-47(5,6)27-65-45(60)35-14-12-18-57(52-35)44(59)36(22-39-50-37(31)24-66-39)51-43(58)41(29(2)3)54(8)46(61)55-25-48(26-55)28-67(62,63)20-19-53(48)7;;;;/h11,13,15-17,21,24,29-30,35-36,41,52H,10,12,14,18-20,22-23,25-28H2,1-9H3,(H,51,58);4*1H2/t30-,35-,36-,41-;;;;/m0..../s1. The Morgan fingerprint density at radius 2 is 1.80 bits per heavy atom. The second kappa shape index (κ2) is 23.8. The topological polar surface area (TPSA) is 189 Å². The summed E-state index contributed by atoms with van der Waals surface area (Å²) in [7, 11) is 1.88. The van der Waals surface area contributed by atoms with Gasteiger partial charge in [-0.15, -0.1) is 11.3 Å². The summed E-state index contributed by atoms with van der Waals surface area (Å²) in [6.45, 7) is 13.9. The van der Waals surface area contributed by atoms with E-state index in [9.17, 15) is 27.6 Å². The van der Waals surface area contributed by atoms with E-state index < -0.39 is 62.7 Å². The molecule has 1 aromatic carbocycles. The average molecular weight is 1100 g/mol. The largest absolute Gasteiger partial charge is 0.464 e. The monoisotopic (exact) mass is 1100 g/mol. The molecule has 0 radical (unpaired) electrons. The van der Waals surface area contributed by atoms with Crippen molar-refractivity contribution in [2.75, 3.05) is 65.5 Å². The number of aryl methyl sites for hydroxylation is 1. The van der Waals surface area contributed by atoms with Crippen LogP contribution in [0.2, 0.25) is 0 Å². The maximum Gasteiger partial charge on any atom is 0.324 e. The first-order valence-electron chi connectivity index (χ1n) is 23.3. The van der Waals surface area contributed by atoms with Crippen LogP contribution in [0.15, 0.2) is 41.9 Å². The number of aromatic nitrogens is 3. The number of fused-ring (bicyclic) bond motifs is 6. The van der Waals surface area contributed by atoms with E-state index in [0.29, 0.717) is 43.9 Å². The third-order valence-corrected chi connectivity index (χ3v) is 16.7. The molecule has 23 heteroatoms. The number of urea groups is 1. The molecule has 3 fully saturated rings. The molecule has 0 aliphatic carbocycles. The first kappa shape index (κ1) is 60.0. The lowest BCUT2D eigenvalue weighted by molar-refractivity contribution is -0.155. The van der Waals surface area contributed by atoms with Crippen LogP contribution in [0.3, 0.4) is 0 Å². The Hall–Kier alpha value is -3.55. The van der Waals surface area contributed by atoms with Gasteiger partial charge in [-0.2, -0.15) is 54.0 Å². The van der Waals surface area contributed by atoms with Crippen molar-refractivity contribution in [3.8, 4) is 22.5 Å². The first-order valence-corrected chi connectivity index (χ1v) is 26.0. The third kappa shape index (κ3) is 12.2. The summed E-state index contributed by atoms with van der Waals surface area (Å²) >= 11 is 1.39. The van der Waals surface area contributed by atoms with Crippen LogP contribution in [-0.4, -0.2) is 156 Å². The zero-order chi connectivity index (χ0) is 48.2. The number of methoxy groups -OCH3 is 1. The summed E-state index contributed by atoms with van der Waals surface area (Å²) in [6.07, 6.45) is 3.13. The molecule has 3 saturated heterocycles. The van der Waals surface area contributed by atoms with Crippen molar-refractivity contribution in [1.82, 2.24) is 45.0 Å². The van der Waals surface area contributed by atoms with Gasteiger partial charge in [-0.25, -0.2) is 23.6 Å². The van der Waals surface area contributed by atoms with Crippen molar-refractivity contribution >= 4 is 110 Å². The molecule has 4 aliphatic rings. The van der Waals surface area contributed by atoms with Crippen LogP contribution < -0.4 is 10.7 Å². The minimum Gasteiger partial charge on any atom is -0.464 e. The zero-order valence-electron chi connectivity index (χ0n) is 42.1. The van der Waals surface area contributed by atoms with E-state index >= 15 is 0 Å². The van der Waals surface area contributed by atoms with Crippen LogP contribution in [0.1, 0.15) is 76.8 Å². The summed E-state index contributed by atoms with van der Waals surface area (Å²) in [5, 5.41) is 8.04. The van der Waals surface area contributed by atoms with Gasteiger partial charge >= 0.3 is 12.0 Å². The Bertz CT molecular complexity index is 2670. The molecule has 6 bridgehead atoms. The molecule has 4 amide bonds. The number of nitrogens with zero attached hydrogens (tertiary/aromatic N) is 7. The summed E-state index contributed by atoms with van der Waals surface area (Å²) in [5.74, 6) is -1.72. The van der Waals surface area contributed by atoms with Crippen LogP contribution >= 0.6 is 65.3 Å². The summed E-state index contributed by atoms with van der Waals surface area (Å²) < 4.78 is 39.4. The molecule has 71 heavy (non-hydrogen) atoms. The van der Waals surface area contributed by atoms with E-state index in [4.69, 9.17) is 19.4 Å². The lowest BCUT2D eigenvalue weighted by Gasteiger charge is -2.57. The Morgan fingerprint density at radius 3 is 2.48 bits per heavy atom. The lowest BCUT2D eigenvalue weighted by Crippen LogP contribution is -2.76. The Morgan fingerprint density at radius 1 is 1.08 bits per heavy atom. The number of pyridine rings is 1. The number of hydrogen-bond donors (Lipinski definition) is 2. The first-order chi connectivity index (χ1) is 31.7. The van der Waals surface area contributed by atoms with Gasteiger partial charge in [-0.3, -0.25) is 29.3 Å². The van der Waals surface area contributed by atoms with Gasteiger partial charge in [0.25, 0.3) is 5.91 Å². The van der Waals surface area contributed by atoms with E-state index in [-0.39, 0.29) is 104 Å². The van der Waals surface area contributed by atoms with Gasteiger partial charge in [0.15, 0.2) is 9.84 Å². The van der Waals surface area contributed by atoms with Gasteiger partial charge < -0.3 is 29.2 Å². The van der Waals surface area contributed by atoms with E-state index in [1.54, 1.807) is 25.3 Å². The summed E-state index contributed by atoms with van der Waals surface area (Å²) in [4.78, 5) is 71.9. The van der Waals surface area contributed by atoms with Crippen molar-refractivity contribution < 1.29 is 37.1 Å². The molecule has 4 aliphatic heterocycles. The van der Waals surface area contributed by atoms with Crippen molar-refractivity contribution in [1.29, 1.82) is 0 Å². The highest BCUT2D eigenvalue weighted by Crippen LogP contribution is 2.42. The number of amides is 4. The number of hydrazine groups is 1. The van der Waals surface area contributed by atoms with Crippen molar-refractivity contribution in [2.24, 2.45) is 11.3 Å². The molecule has 1 spiro atoms. The molecule has 394 valence electrons. The summed E-state index contributed by atoms with van der Waals surface area (Å²) in [5.41, 5.74) is 8.53. The van der Waals surface area contributed by atoms with Crippen LogP contribution in [0.25, 0.3) is 33.4 Å². The fraction of sp³-hybridized carbons (Fsp3) is 0.583. The molecule has 0 unspecified atom stereocenters. The molecule has 7 heterocycles. The van der Waals surface area contributed by atoms with Crippen LogP contribution in [0, 0.1) is 11.3 Å². The third-order valence-electron chi connectivity index (χ3n) is 14.1. The number of likely N-dealkylation sites (tertiary alicyclic amines) is 1. The number of nitrogens with one attached hydrogen (secondary N) is 2. The fourth-order valence-corrected chi connectivity index (χ4v) is 13.1. The Balaban J connectivity index is 0.00000274. The normalized spacial score (nSPS) is 21.5. The minimum absolute atomic E-state index is 0.